The largest absolute Gasteiger partial charge is 0.484 e. The summed E-state index contributed by atoms with van der Waals surface area (Å²) in [6.45, 7) is 3.84. The zero-order valence-corrected chi connectivity index (χ0v) is 10.5. The standard InChI is InChI=1S/C13H18N2O3/c1-10-8-15(5-6-17-10)13(16)9-18-12-4-2-3-11(14)7-12/h2-4,7,10H,5-6,8-9,14H2,1H3. The topological polar surface area (TPSA) is 64.8 Å². The Morgan fingerprint density at radius 2 is 2.44 bits per heavy atom. The van der Waals surface area contributed by atoms with E-state index in [2.05, 4.69) is 0 Å². The minimum atomic E-state index is -0.0208. The molecule has 2 rings (SSSR count). The maximum absolute atomic E-state index is 11.9. The van der Waals surface area contributed by atoms with Gasteiger partial charge in [0.1, 0.15) is 5.75 Å². The molecule has 1 fully saturated rings. The lowest BCUT2D eigenvalue weighted by atomic mass is 10.3. The number of anilines is 1. The van der Waals surface area contributed by atoms with Gasteiger partial charge in [-0.15, -0.1) is 0 Å². The lowest BCUT2D eigenvalue weighted by Gasteiger charge is -2.31. The van der Waals surface area contributed by atoms with Crippen LogP contribution in [0.4, 0.5) is 5.69 Å². The summed E-state index contributed by atoms with van der Waals surface area (Å²) >= 11 is 0. The van der Waals surface area contributed by atoms with Gasteiger partial charge in [0.2, 0.25) is 0 Å². The second kappa shape index (κ2) is 5.73. The van der Waals surface area contributed by atoms with E-state index < -0.39 is 0 Å². The summed E-state index contributed by atoms with van der Waals surface area (Å²) in [6.07, 6.45) is 0.0927. The average molecular weight is 250 g/mol. The van der Waals surface area contributed by atoms with Gasteiger partial charge in [-0.3, -0.25) is 4.79 Å². The van der Waals surface area contributed by atoms with E-state index in [1.807, 2.05) is 6.92 Å². The molecule has 1 atom stereocenters. The van der Waals surface area contributed by atoms with Crippen molar-refractivity contribution in [3.8, 4) is 5.75 Å². The number of morpholine rings is 1. The van der Waals surface area contributed by atoms with Gasteiger partial charge in [-0.05, 0) is 19.1 Å². The Morgan fingerprint density at radius 1 is 1.61 bits per heavy atom. The SMILES string of the molecule is CC1CN(C(=O)COc2cccc(N)c2)CCO1. The Kier molecular flexibility index (Phi) is 4.04. The highest BCUT2D eigenvalue weighted by molar-refractivity contribution is 5.77. The molecule has 0 spiro atoms. The van der Waals surface area contributed by atoms with Crippen LogP contribution >= 0.6 is 0 Å². The Hall–Kier alpha value is -1.75. The van der Waals surface area contributed by atoms with Crippen LogP contribution < -0.4 is 10.5 Å². The van der Waals surface area contributed by atoms with Crippen molar-refractivity contribution >= 4 is 11.6 Å². The van der Waals surface area contributed by atoms with Gasteiger partial charge < -0.3 is 20.1 Å². The van der Waals surface area contributed by atoms with Crippen LogP contribution in [0.5, 0.6) is 5.75 Å². The number of nitrogens with two attached hydrogens (primary N) is 1. The second-order valence-corrected chi connectivity index (χ2v) is 4.38. The summed E-state index contributed by atoms with van der Waals surface area (Å²) < 4.78 is 10.8. The zero-order chi connectivity index (χ0) is 13.0. The molecule has 0 aromatic heterocycles. The molecule has 1 aliphatic heterocycles. The molecule has 0 saturated carbocycles. The van der Waals surface area contributed by atoms with Gasteiger partial charge in [-0.25, -0.2) is 0 Å². The average Bonchev–Trinajstić information content (AvgIpc) is 2.36. The summed E-state index contributed by atoms with van der Waals surface area (Å²) in [7, 11) is 0. The molecule has 0 radical (unpaired) electrons. The van der Waals surface area contributed by atoms with E-state index >= 15 is 0 Å². The third-order valence-corrected chi connectivity index (χ3v) is 2.81. The first kappa shape index (κ1) is 12.7. The van der Waals surface area contributed by atoms with Crippen molar-refractivity contribution in [2.24, 2.45) is 0 Å². The van der Waals surface area contributed by atoms with E-state index in [0.29, 0.717) is 31.1 Å². The number of amides is 1. The van der Waals surface area contributed by atoms with E-state index in [4.69, 9.17) is 15.2 Å². The van der Waals surface area contributed by atoms with Gasteiger partial charge in [-0.1, -0.05) is 6.07 Å². The number of hydrogen-bond acceptors (Lipinski definition) is 4. The van der Waals surface area contributed by atoms with Crippen LogP contribution in [-0.2, 0) is 9.53 Å². The number of carbonyl (C=O) groups excluding carboxylic acids is 1. The Morgan fingerprint density at radius 3 is 3.17 bits per heavy atom. The number of nitrogen functional groups attached to an aromatic ring is 1. The third-order valence-electron chi connectivity index (χ3n) is 2.81. The summed E-state index contributed by atoms with van der Waals surface area (Å²) in [5.41, 5.74) is 6.26. The van der Waals surface area contributed by atoms with Crippen molar-refractivity contribution in [1.82, 2.24) is 4.90 Å². The summed E-state index contributed by atoms with van der Waals surface area (Å²) in [4.78, 5) is 13.7. The van der Waals surface area contributed by atoms with Crippen molar-refractivity contribution in [3.63, 3.8) is 0 Å². The van der Waals surface area contributed by atoms with Crippen LogP contribution in [0.3, 0.4) is 0 Å². The Balaban J connectivity index is 1.84. The molecule has 1 aromatic rings. The zero-order valence-electron chi connectivity index (χ0n) is 10.5. The third kappa shape index (κ3) is 3.37. The molecule has 5 heteroatoms. The van der Waals surface area contributed by atoms with Crippen LogP contribution in [0.15, 0.2) is 24.3 Å². The fourth-order valence-electron chi connectivity index (χ4n) is 1.89. The van der Waals surface area contributed by atoms with Crippen molar-refractivity contribution < 1.29 is 14.3 Å². The molecule has 1 heterocycles. The quantitative estimate of drug-likeness (QED) is 0.809. The van der Waals surface area contributed by atoms with Crippen LogP contribution in [0.25, 0.3) is 0 Å². The number of ether oxygens (including phenoxy) is 2. The molecule has 1 aliphatic rings. The number of benzene rings is 1. The van der Waals surface area contributed by atoms with Crippen LogP contribution in [0.1, 0.15) is 6.92 Å². The van der Waals surface area contributed by atoms with Crippen LogP contribution in [0.2, 0.25) is 0 Å². The summed E-state index contributed by atoms with van der Waals surface area (Å²) in [5.74, 6) is 0.595. The minimum absolute atomic E-state index is 0.0208. The number of hydrogen-bond donors (Lipinski definition) is 1. The lowest BCUT2D eigenvalue weighted by Crippen LogP contribution is -2.46. The molecule has 1 amide bonds. The number of carbonyl (C=O) groups is 1. The van der Waals surface area contributed by atoms with Gasteiger partial charge in [0.15, 0.2) is 6.61 Å². The maximum atomic E-state index is 11.9. The van der Waals surface area contributed by atoms with E-state index in [1.54, 1.807) is 29.2 Å². The molecular weight excluding hydrogens is 232 g/mol. The number of nitrogens with zero attached hydrogens (tertiary/aromatic N) is 1. The monoisotopic (exact) mass is 250 g/mol. The van der Waals surface area contributed by atoms with Crippen molar-refractivity contribution in [2.45, 2.75) is 13.0 Å². The minimum Gasteiger partial charge on any atom is -0.484 e. The van der Waals surface area contributed by atoms with E-state index in [0.717, 1.165) is 0 Å². The first-order valence-electron chi connectivity index (χ1n) is 6.03. The van der Waals surface area contributed by atoms with Crippen LogP contribution in [-0.4, -0.2) is 43.2 Å². The van der Waals surface area contributed by atoms with Crippen molar-refractivity contribution in [1.29, 1.82) is 0 Å². The molecular formula is C13H18N2O3. The highest BCUT2D eigenvalue weighted by atomic mass is 16.5. The second-order valence-electron chi connectivity index (χ2n) is 4.38. The molecule has 0 bridgehead atoms. The summed E-state index contributed by atoms with van der Waals surface area (Å²) in [5, 5.41) is 0. The first-order chi connectivity index (χ1) is 8.65. The van der Waals surface area contributed by atoms with E-state index in [9.17, 15) is 4.79 Å². The normalized spacial score (nSPS) is 19.6. The van der Waals surface area contributed by atoms with Gasteiger partial charge >= 0.3 is 0 Å². The predicted octanol–water partition coefficient (Wildman–Crippen LogP) is 0.895. The highest BCUT2D eigenvalue weighted by Gasteiger charge is 2.21. The maximum Gasteiger partial charge on any atom is 0.260 e. The Labute approximate surface area is 106 Å². The first-order valence-corrected chi connectivity index (χ1v) is 6.03. The molecule has 5 nitrogen and oxygen atoms in total. The molecule has 98 valence electrons. The molecule has 0 aliphatic carbocycles. The molecule has 1 aromatic carbocycles. The fourth-order valence-corrected chi connectivity index (χ4v) is 1.89. The molecule has 1 unspecified atom stereocenters. The summed E-state index contributed by atoms with van der Waals surface area (Å²) in [6, 6.07) is 7.06. The van der Waals surface area contributed by atoms with Gasteiger partial charge in [-0.2, -0.15) is 0 Å². The number of rotatable bonds is 3. The predicted molar refractivity (Wildman–Crippen MR) is 68.3 cm³/mol. The smallest absolute Gasteiger partial charge is 0.260 e. The van der Waals surface area contributed by atoms with E-state index in [1.165, 1.54) is 0 Å². The lowest BCUT2D eigenvalue weighted by molar-refractivity contribution is -0.140. The Bertz CT molecular complexity index is 422. The van der Waals surface area contributed by atoms with Crippen molar-refractivity contribution in [2.75, 3.05) is 32.0 Å². The van der Waals surface area contributed by atoms with Crippen LogP contribution in [0, 0.1) is 0 Å². The molecule has 1 saturated heterocycles. The molecule has 2 N–H and O–H groups in total. The fraction of sp³-hybridized carbons (Fsp3) is 0.462. The van der Waals surface area contributed by atoms with Gasteiger partial charge in [0.05, 0.1) is 12.7 Å². The highest BCUT2D eigenvalue weighted by Crippen LogP contribution is 2.14. The van der Waals surface area contributed by atoms with E-state index in [-0.39, 0.29) is 18.6 Å². The van der Waals surface area contributed by atoms with Gasteiger partial charge in [0.25, 0.3) is 5.91 Å². The van der Waals surface area contributed by atoms with Gasteiger partial charge in [0, 0.05) is 24.8 Å². The van der Waals surface area contributed by atoms with Crippen molar-refractivity contribution in [3.05, 3.63) is 24.3 Å². The molecule has 18 heavy (non-hydrogen) atoms.